The fraction of sp³-hybridized carbons (Fsp3) is 0.344. The molecule has 0 aliphatic carbocycles. The topological polar surface area (TPSA) is 79.0 Å². The highest BCUT2D eigenvalue weighted by atomic mass is 16.5. The zero-order valence-corrected chi connectivity index (χ0v) is 22.3. The van der Waals surface area contributed by atoms with Crippen molar-refractivity contribution in [3.63, 3.8) is 0 Å². The van der Waals surface area contributed by atoms with Gasteiger partial charge in [0.05, 0.1) is 25.5 Å². The highest BCUT2D eigenvalue weighted by Crippen LogP contribution is 2.52. The minimum Gasteiger partial charge on any atom is -0.497 e. The lowest BCUT2D eigenvalue weighted by molar-refractivity contribution is -0.150. The van der Waals surface area contributed by atoms with Crippen LogP contribution in [-0.4, -0.2) is 46.7 Å². The second-order valence-electron chi connectivity index (χ2n) is 10.9. The number of ether oxygens (including phenoxy) is 1. The number of rotatable bonds is 6. The van der Waals surface area contributed by atoms with Crippen molar-refractivity contribution in [3.05, 3.63) is 101 Å². The molecular formula is C32H33N3O4. The highest BCUT2D eigenvalue weighted by molar-refractivity contribution is 6.10. The molecule has 4 atom stereocenters. The number of hydrogen-bond donors (Lipinski definition) is 1. The fourth-order valence-corrected chi connectivity index (χ4v) is 6.61. The summed E-state index contributed by atoms with van der Waals surface area (Å²) in [4.78, 5) is 45.6. The summed E-state index contributed by atoms with van der Waals surface area (Å²) in [6.45, 7) is 3.28. The Morgan fingerprint density at radius 3 is 2.26 bits per heavy atom. The fourth-order valence-electron chi connectivity index (χ4n) is 6.61. The van der Waals surface area contributed by atoms with Crippen LogP contribution in [0.15, 0.2) is 78.9 Å². The van der Waals surface area contributed by atoms with Crippen molar-refractivity contribution in [3.8, 4) is 5.75 Å². The van der Waals surface area contributed by atoms with Gasteiger partial charge in [-0.2, -0.15) is 0 Å². The van der Waals surface area contributed by atoms with E-state index >= 15 is 0 Å². The second kappa shape index (κ2) is 9.97. The molecule has 3 fully saturated rings. The first-order chi connectivity index (χ1) is 18.9. The Bertz CT molecular complexity index is 1390. The van der Waals surface area contributed by atoms with Crippen LogP contribution in [0.2, 0.25) is 0 Å². The molecule has 3 aliphatic rings. The molecule has 3 amide bonds. The number of nitrogens with zero attached hydrogens (tertiary/aromatic N) is 2. The lowest BCUT2D eigenvalue weighted by Crippen LogP contribution is -2.63. The average molecular weight is 524 g/mol. The molecule has 0 aromatic heterocycles. The van der Waals surface area contributed by atoms with Gasteiger partial charge in [0.1, 0.15) is 11.3 Å². The van der Waals surface area contributed by atoms with Gasteiger partial charge in [0.25, 0.3) is 0 Å². The molecule has 0 radical (unpaired) electrons. The van der Waals surface area contributed by atoms with E-state index in [1.165, 1.54) is 4.90 Å². The third kappa shape index (κ3) is 4.31. The van der Waals surface area contributed by atoms with Crippen LogP contribution in [0.5, 0.6) is 5.75 Å². The molecule has 7 nitrogen and oxygen atoms in total. The maximum atomic E-state index is 14.3. The van der Waals surface area contributed by atoms with E-state index in [0.29, 0.717) is 19.5 Å². The summed E-state index contributed by atoms with van der Waals surface area (Å²) >= 11 is 0. The molecule has 200 valence electrons. The average Bonchev–Trinajstić information content (AvgIpc) is 3.42. The van der Waals surface area contributed by atoms with Crippen molar-refractivity contribution in [2.45, 2.75) is 44.4 Å². The van der Waals surface area contributed by atoms with Crippen LogP contribution in [0.4, 0.5) is 0 Å². The van der Waals surface area contributed by atoms with E-state index < -0.39 is 23.4 Å². The number of amides is 3. The summed E-state index contributed by atoms with van der Waals surface area (Å²) in [6, 6.07) is 24.9. The smallest absolute Gasteiger partial charge is 0.244 e. The zero-order chi connectivity index (χ0) is 27.1. The third-order valence-corrected chi connectivity index (χ3v) is 8.57. The monoisotopic (exact) mass is 523 g/mol. The number of likely N-dealkylation sites (tertiary alicyclic amines) is 2. The van der Waals surface area contributed by atoms with Crippen LogP contribution in [0, 0.1) is 18.8 Å². The Kier molecular flexibility index (Phi) is 6.47. The normalized spacial score (nSPS) is 26.4. The number of piperidine rings is 1. The van der Waals surface area contributed by atoms with Crippen LogP contribution in [0.1, 0.15) is 41.1 Å². The number of carbonyl (C=O) groups is 3. The number of carbonyl (C=O) groups excluding carboxylic acids is 3. The van der Waals surface area contributed by atoms with Gasteiger partial charge in [0.15, 0.2) is 0 Å². The molecular weight excluding hydrogens is 490 g/mol. The Morgan fingerprint density at radius 2 is 1.56 bits per heavy atom. The van der Waals surface area contributed by atoms with E-state index in [9.17, 15) is 14.4 Å². The van der Waals surface area contributed by atoms with Crippen molar-refractivity contribution in [2.24, 2.45) is 11.8 Å². The molecule has 3 heterocycles. The largest absolute Gasteiger partial charge is 0.497 e. The van der Waals surface area contributed by atoms with E-state index in [1.54, 1.807) is 7.11 Å². The van der Waals surface area contributed by atoms with Crippen LogP contribution >= 0.6 is 0 Å². The first-order valence-corrected chi connectivity index (χ1v) is 13.6. The first-order valence-electron chi connectivity index (χ1n) is 13.6. The van der Waals surface area contributed by atoms with E-state index in [0.717, 1.165) is 34.4 Å². The molecule has 3 aliphatic heterocycles. The predicted molar refractivity (Wildman–Crippen MR) is 146 cm³/mol. The van der Waals surface area contributed by atoms with Crippen molar-refractivity contribution < 1.29 is 19.1 Å². The van der Waals surface area contributed by atoms with Gasteiger partial charge in [-0.3, -0.25) is 24.6 Å². The lowest BCUT2D eigenvalue weighted by atomic mass is 9.74. The zero-order valence-electron chi connectivity index (χ0n) is 22.3. The number of methoxy groups -OCH3 is 1. The molecule has 0 unspecified atom stereocenters. The molecule has 3 aromatic carbocycles. The number of benzene rings is 3. The summed E-state index contributed by atoms with van der Waals surface area (Å²) in [5, 5.41) is 3.59. The SMILES string of the molecule is COc1ccc(CN2CCC[C@]3(N[C@H](c4ccc(C)cc4)[C@@H]4C(=O)N(Cc5ccccc5)C(=O)[C@@H]43)C2=O)cc1. The minimum atomic E-state index is -1.12. The van der Waals surface area contributed by atoms with Gasteiger partial charge in [-0.25, -0.2) is 0 Å². The Hall–Kier alpha value is -3.97. The Labute approximate surface area is 228 Å². The van der Waals surface area contributed by atoms with Gasteiger partial charge in [-0.05, 0) is 48.6 Å². The number of fused-ring (bicyclic) bond motifs is 2. The van der Waals surface area contributed by atoms with Crippen LogP contribution in [0.25, 0.3) is 0 Å². The van der Waals surface area contributed by atoms with E-state index in [4.69, 9.17) is 4.74 Å². The molecule has 3 aromatic rings. The van der Waals surface area contributed by atoms with Crippen LogP contribution in [-0.2, 0) is 27.5 Å². The highest BCUT2D eigenvalue weighted by Gasteiger charge is 2.68. The summed E-state index contributed by atoms with van der Waals surface area (Å²) < 4.78 is 5.27. The van der Waals surface area contributed by atoms with Gasteiger partial charge >= 0.3 is 0 Å². The molecule has 6 rings (SSSR count). The van der Waals surface area contributed by atoms with Crippen molar-refractivity contribution >= 4 is 17.7 Å². The van der Waals surface area contributed by atoms with Gasteiger partial charge in [-0.15, -0.1) is 0 Å². The van der Waals surface area contributed by atoms with Crippen LogP contribution < -0.4 is 10.1 Å². The third-order valence-electron chi connectivity index (χ3n) is 8.57. The Balaban J connectivity index is 1.36. The van der Waals surface area contributed by atoms with Gasteiger partial charge in [-0.1, -0.05) is 72.3 Å². The molecule has 7 heteroatoms. The molecule has 0 saturated carbocycles. The van der Waals surface area contributed by atoms with Crippen molar-refractivity contribution in [1.82, 2.24) is 15.1 Å². The number of imide groups is 1. The maximum absolute atomic E-state index is 14.3. The minimum absolute atomic E-state index is 0.100. The van der Waals surface area contributed by atoms with Gasteiger partial charge in [0, 0.05) is 19.1 Å². The summed E-state index contributed by atoms with van der Waals surface area (Å²) in [5.74, 6) is -1.17. The van der Waals surface area contributed by atoms with Crippen LogP contribution in [0.3, 0.4) is 0 Å². The quantitative estimate of drug-likeness (QED) is 0.494. The predicted octanol–water partition coefficient (Wildman–Crippen LogP) is 4.01. The molecule has 39 heavy (non-hydrogen) atoms. The molecule has 0 bridgehead atoms. The van der Waals surface area contributed by atoms with E-state index in [1.807, 2.05) is 90.7 Å². The molecule has 3 saturated heterocycles. The molecule has 1 spiro atoms. The first kappa shape index (κ1) is 25.3. The molecule has 1 N–H and O–H groups in total. The standard InChI is InChI=1S/C32H33N3O4/c1-21-9-13-24(14-10-21)28-26-27(30(37)35(29(26)36)20-22-7-4-3-5-8-22)32(33-28)17-6-18-34(31(32)38)19-23-11-15-25(39-2)16-12-23/h3-5,7-16,26-28,33H,6,17-20H2,1-2H3/t26-,27-,28-,32-/m1/s1. The number of nitrogens with one attached hydrogen (secondary N) is 1. The summed E-state index contributed by atoms with van der Waals surface area (Å²) in [7, 11) is 1.63. The van der Waals surface area contributed by atoms with E-state index in [-0.39, 0.29) is 24.3 Å². The van der Waals surface area contributed by atoms with Crippen molar-refractivity contribution in [1.29, 1.82) is 0 Å². The maximum Gasteiger partial charge on any atom is 0.244 e. The van der Waals surface area contributed by atoms with E-state index in [2.05, 4.69) is 5.32 Å². The van der Waals surface area contributed by atoms with Crippen molar-refractivity contribution in [2.75, 3.05) is 13.7 Å². The summed E-state index contributed by atoms with van der Waals surface area (Å²) in [6.07, 6.45) is 1.27. The summed E-state index contributed by atoms with van der Waals surface area (Å²) in [5.41, 5.74) is 2.80. The van der Waals surface area contributed by atoms with Gasteiger partial charge in [0.2, 0.25) is 17.7 Å². The lowest BCUT2D eigenvalue weighted by Gasteiger charge is -2.42. The van der Waals surface area contributed by atoms with Gasteiger partial charge < -0.3 is 9.64 Å². The second-order valence-corrected chi connectivity index (χ2v) is 10.9. The number of hydrogen-bond acceptors (Lipinski definition) is 5. The number of aryl methyl sites for hydroxylation is 1. The Morgan fingerprint density at radius 1 is 0.872 bits per heavy atom.